The van der Waals surface area contributed by atoms with Crippen molar-refractivity contribution in [2.24, 2.45) is 0 Å². The van der Waals surface area contributed by atoms with Crippen LogP contribution in [0.2, 0.25) is 4.34 Å². The molecule has 35 heavy (non-hydrogen) atoms. The van der Waals surface area contributed by atoms with Crippen molar-refractivity contribution in [1.29, 1.82) is 0 Å². The number of carbonyl (C=O) groups is 1. The summed E-state index contributed by atoms with van der Waals surface area (Å²) in [4.78, 5) is 24.6. The van der Waals surface area contributed by atoms with Gasteiger partial charge in [-0.15, -0.1) is 11.3 Å². The van der Waals surface area contributed by atoms with Crippen molar-refractivity contribution in [2.75, 3.05) is 11.4 Å². The SMILES string of the molecule is Cc1ccc2nc(N(Cc3cccnc3)C(=O)C3CCCCN3S(=O)(=O)c3ccc(Cl)s3)sc2c1. The molecule has 4 heterocycles. The Bertz CT molecular complexity index is 1470. The standard InChI is InChI=1S/C24H23ClN4O3S3/c1-16-7-8-18-20(13-16)33-24(27-18)28(15-17-5-4-11-26-14-17)23(30)19-6-2-3-12-29(19)35(31,32)22-10-9-21(25)34-22/h4-5,7-11,13-14,19H,2-3,6,12,15H2,1H3. The maximum absolute atomic E-state index is 14.1. The van der Waals surface area contributed by atoms with Crippen LogP contribution in [-0.2, 0) is 21.4 Å². The number of aromatic nitrogens is 2. The Balaban J connectivity index is 1.54. The first-order valence-corrected chi connectivity index (χ1v) is 14.6. The summed E-state index contributed by atoms with van der Waals surface area (Å²) in [6.45, 7) is 2.55. The molecule has 0 saturated carbocycles. The number of hydrogen-bond donors (Lipinski definition) is 0. The van der Waals surface area contributed by atoms with Crippen LogP contribution in [0.4, 0.5) is 5.13 Å². The van der Waals surface area contributed by atoms with Gasteiger partial charge in [0.25, 0.3) is 10.0 Å². The van der Waals surface area contributed by atoms with Crippen LogP contribution >= 0.6 is 34.3 Å². The van der Waals surface area contributed by atoms with Crippen molar-refractivity contribution in [3.8, 4) is 0 Å². The molecule has 1 aliphatic rings. The smallest absolute Gasteiger partial charge is 0.253 e. The van der Waals surface area contributed by atoms with Gasteiger partial charge in [-0.3, -0.25) is 14.7 Å². The summed E-state index contributed by atoms with van der Waals surface area (Å²) in [7, 11) is -3.86. The van der Waals surface area contributed by atoms with Gasteiger partial charge < -0.3 is 0 Å². The molecule has 1 atom stereocenters. The molecule has 4 aromatic rings. The van der Waals surface area contributed by atoms with E-state index in [-0.39, 0.29) is 23.2 Å². The predicted molar refractivity (Wildman–Crippen MR) is 141 cm³/mol. The number of nitrogens with zero attached hydrogens (tertiary/aromatic N) is 4. The molecule has 1 aliphatic heterocycles. The number of carbonyl (C=O) groups excluding carboxylic acids is 1. The van der Waals surface area contributed by atoms with Gasteiger partial charge in [-0.1, -0.05) is 41.5 Å². The van der Waals surface area contributed by atoms with Crippen molar-refractivity contribution >= 4 is 65.6 Å². The lowest BCUT2D eigenvalue weighted by atomic mass is 10.0. The number of fused-ring (bicyclic) bond motifs is 1. The van der Waals surface area contributed by atoms with Gasteiger partial charge in [-0.2, -0.15) is 4.31 Å². The molecule has 0 bridgehead atoms. The number of rotatable bonds is 6. The Hall–Kier alpha value is -2.37. The molecule has 1 fully saturated rings. The number of thiazole rings is 1. The summed E-state index contributed by atoms with van der Waals surface area (Å²) in [6.07, 6.45) is 5.31. The number of benzene rings is 1. The highest BCUT2D eigenvalue weighted by Gasteiger charge is 2.41. The maximum atomic E-state index is 14.1. The second-order valence-electron chi connectivity index (χ2n) is 8.44. The third-order valence-electron chi connectivity index (χ3n) is 5.94. The first-order valence-electron chi connectivity index (χ1n) is 11.2. The van der Waals surface area contributed by atoms with Crippen LogP contribution in [-0.4, -0.2) is 41.2 Å². The van der Waals surface area contributed by atoms with Crippen LogP contribution in [0, 0.1) is 6.92 Å². The number of sulfonamides is 1. The van der Waals surface area contributed by atoms with Gasteiger partial charge in [-0.25, -0.2) is 13.4 Å². The minimum absolute atomic E-state index is 0.150. The van der Waals surface area contributed by atoms with Crippen LogP contribution in [0.5, 0.6) is 0 Å². The Morgan fingerprint density at radius 3 is 2.80 bits per heavy atom. The number of thiophene rings is 1. The van der Waals surface area contributed by atoms with E-state index in [9.17, 15) is 13.2 Å². The van der Waals surface area contributed by atoms with Gasteiger partial charge in [0.05, 0.1) is 21.1 Å². The molecule has 1 amide bonds. The van der Waals surface area contributed by atoms with E-state index in [0.29, 0.717) is 22.3 Å². The second-order valence-corrected chi connectivity index (χ2v) is 13.3. The average Bonchev–Trinajstić information content (AvgIpc) is 3.49. The zero-order valence-corrected chi connectivity index (χ0v) is 22.1. The molecule has 3 aromatic heterocycles. The fraction of sp³-hybridized carbons (Fsp3) is 0.292. The monoisotopic (exact) mass is 546 g/mol. The van der Waals surface area contributed by atoms with Gasteiger partial charge >= 0.3 is 0 Å². The first kappa shape index (κ1) is 24.3. The van der Waals surface area contributed by atoms with E-state index in [1.54, 1.807) is 23.4 Å². The van der Waals surface area contributed by atoms with E-state index in [1.165, 1.54) is 21.7 Å². The van der Waals surface area contributed by atoms with Crippen molar-refractivity contribution in [3.05, 3.63) is 70.3 Å². The lowest BCUT2D eigenvalue weighted by molar-refractivity contribution is -0.123. The van der Waals surface area contributed by atoms with Crippen LogP contribution in [0.1, 0.15) is 30.4 Å². The quantitative estimate of drug-likeness (QED) is 0.319. The number of piperidine rings is 1. The number of anilines is 1. The summed E-state index contributed by atoms with van der Waals surface area (Å²) in [5.74, 6) is -0.282. The van der Waals surface area contributed by atoms with Crippen LogP contribution < -0.4 is 4.90 Å². The van der Waals surface area contributed by atoms with E-state index >= 15 is 0 Å². The summed E-state index contributed by atoms with van der Waals surface area (Å²) in [5, 5.41) is 0.543. The minimum Gasteiger partial charge on any atom is -0.282 e. The lowest BCUT2D eigenvalue weighted by Gasteiger charge is -2.35. The summed E-state index contributed by atoms with van der Waals surface area (Å²) in [6, 6.07) is 11.9. The molecule has 1 aromatic carbocycles. The second kappa shape index (κ2) is 9.94. The zero-order chi connectivity index (χ0) is 24.6. The number of aryl methyl sites for hydroxylation is 1. The van der Waals surface area contributed by atoms with Crippen LogP contribution in [0.15, 0.2) is 59.1 Å². The van der Waals surface area contributed by atoms with Crippen LogP contribution in [0.25, 0.3) is 10.2 Å². The zero-order valence-electron chi connectivity index (χ0n) is 18.9. The molecule has 182 valence electrons. The summed E-state index contributed by atoms with van der Waals surface area (Å²) < 4.78 is 29.9. The van der Waals surface area contributed by atoms with Gasteiger partial charge in [0.1, 0.15) is 10.3 Å². The molecular weight excluding hydrogens is 524 g/mol. The van der Waals surface area contributed by atoms with Crippen molar-refractivity contribution < 1.29 is 13.2 Å². The first-order chi connectivity index (χ1) is 16.8. The third-order valence-corrected chi connectivity index (χ3v) is 10.6. The summed E-state index contributed by atoms with van der Waals surface area (Å²) >= 11 is 8.46. The number of hydrogen-bond acceptors (Lipinski definition) is 7. The largest absolute Gasteiger partial charge is 0.282 e. The van der Waals surface area contributed by atoms with E-state index in [2.05, 4.69) is 4.98 Å². The van der Waals surface area contributed by atoms with Gasteiger partial charge in [-0.05, 0) is 61.2 Å². The highest BCUT2D eigenvalue weighted by Crippen LogP contribution is 2.35. The lowest BCUT2D eigenvalue weighted by Crippen LogP contribution is -2.52. The Morgan fingerprint density at radius 1 is 1.20 bits per heavy atom. The maximum Gasteiger partial charge on any atom is 0.253 e. The van der Waals surface area contributed by atoms with Crippen molar-refractivity contribution in [3.63, 3.8) is 0 Å². The fourth-order valence-electron chi connectivity index (χ4n) is 4.22. The van der Waals surface area contributed by atoms with Crippen molar-refractivity contribution in [2.45, 2.75) is 43.0 Å². The molecular formula is C24H23ClN4O3S3. The van der Waals surface area contributed by atoms with Gasteiger partial charge in [0.15, 0.2) is 5.13 Å². The average molecular weight is 547 g/mol. The Kier molecular flexibility index (Phi) is 6.91. The minimum atomic E-state index is -3.86. The van der Waals surface area contributed by atoms with Crippen molar-refractivity contribution in [1.82, 2.24) is 14.3 Å². The molecule has 0 spiro atoms. The third kappa shape index (κ3) is 4.99. The van der Waals surface area contributed by atoms with Gasteiger partial charge in [0, 0.05) is 18.9 Å². The highest BCUT2D eigenvalue weighted by atomic mass is 35.5. The summed E-state index contributed by atoms with van der Waals surface area (Å²) in [5.41, 5.74) is 2.75. The Morgan fingerprint density at radius 2 is 2.06 bits per heavy atom. The Labute approximate surface area is 217 Å². The predicted octanol–water partition coefficient (Wildman–Crippen LogP) is 5.49. The highest BCUT2D eigenvalue weighted by molar-refractivity contribution is 7.91. The molecule has 5 rings (SSSR count). The van der Waals surface area contributed by atoms with E-state index in [4.69, 9.17) is 16.6 Å². The molecule has 1 saturated heterocycles. The van der Waals surface area contributed by atoms with Crippen LogP contribution in [0.3, 0.4) is 0 Å². The van der Waals surface area contributed by atoms with E-state index < -0.39 is 16.1 Å². The normalized spacial score (nSPS) is 17.0. The topological polar surface area (TPSA) is 83.5 Å². The van der Waals surface area contributed by atoms with Gasteiger partial charge in [0.2, 0.25) is 5.91 Å². The molecule has 0 N–H and O–H groups in total. The van der Waals surface area contributed by atoms with E-state index in [0.717, 1.165) is 39.1 Å². The molecule has 7 nitrogen and oxygen atoms in total. The number of pyridine rings is 1. The molecule has 0 aliphatic carbocycles. The fourth-order valence-corrected chi connectivity index (χ4v) is 8.55. The molecule has 0 radical (unpaired) electrons. The molecule has 1 unspecified atom stereocenters. The number of amides is 1. The number of halogens is 1. The van der Waals surface area contributed by atoms with E-state index in [1.807, 2.05) is 37.3 Å². The molecule has 11 heteroatoms.